The molecule has 0 aromatic carbocycles. The molecule has 0 saturated heterocycles. The van der Waals surface area contributed by atoms with Crippen LogP contribution in [0.15, 0.2) is 0 Å². The first-order valence-electron chi connectivity index (χ1n) is 3.30. The fourth-order valence-corrected chi connectivity index (χ4v) is 0.867. The molecule has 0 aromatic heterocycles. The SMILES string of the molecule is CC(C)C[C@H](N)C(=O)[CH]Cl. The minimum absolute atomic E-state index is 0.185. The van der Waals surface area contributed by atoms with Crippen LogP contribution in [0.1, 0.15) is 20.3 Å². The van der Waals surface area contributed by atoms with Crippen molar-refractivity contribution in [2.75, 3.05) is 0 Å². The van der Waals surface area contributed by atoms with E-state index >= 15 is 0 Å². The number of halogens is 1. The van der Waals surface area contributed by atoms with Crippen LogP contribution in [0.2, 0.25) is 0 Å². The number of carbonyl (C=O) groups is 1. The summed E-state index contributed by atoms with van der Waals surface area (Å²) in [5.41, 5.74) is 5.46. The van der Waals surface area contributed by atoms with Crippen LogP contribution in [-0.2, 0) is 4.79 Å². The third-order valence-corrected chi connectivity index (χ3v) is 1.41. The molecule has 0 amide bonds. The molecule has 1 radical (unpaired) electrons. The Morgan fingerprint density at radius 2 is 2.20 bits per heavy atom. The van der Waals surface area contributed by atoms with Gasteiger partial charge in [0, 0.05) is 0 Å². The van der Waals surface area contributed by atoms with E-state index in [-0.39, 0.29) is 5.78 Å². The highest BCUT2D eigenvalue weighted by Gasteiger charge is 2.13. The van der Waals surface area contributed by atoms with E-state index in [0.29, 0.717) is 12.3 Å². The minimum atomic E-state index is -0.419. The van der Waals surface area contributed by atoms with E-state index in [1.807, 2.05) is 13.8 Å². The zero-order valence-corrected chi connectivity index (χ0v) is 7.06. The second kappa shape index (κ2) is 4.69. The van der Waals surface area contributed by atoms with Crippen molar-refractivity contribution in [2.45, 2.75) is 26.3 Å². The zero-order chi connectivity index (χ0) is 8.15. The Labute approximate surface area is 66.7 Å². The van der Waals surface area contributed by atoms with Crippen molar-refractivity contribution >= 4 is 17.4 Å². The highest BCUT2D eigenvalue weighted by atomic mass is 35.5. The lowest BCUT2D eigenvalue weighted by atomic mass is 10.0. The number of hydrogen-bond donors (Lipinski definition) is 1. The summed E-state index contributed by atoms with van der Waals surface area (Å²) in [6.45, 7) is 4.03. The van der Waals surface area contributed by atoms with E-state index in [9.17, 15) is 4.79 Å². The molecule has 0 unspecified atom stereocenters. The standard InChI is InChI=1S/C7H13ClNO/c1-5(2)3-6(9)7(10)4-8/h4-6H,3,9H2,1-2H3/t6-/m0/s1. The summed E-state index contributed by atoms with van der Waals surface area (Å²) in [5, 5.41) is 0. The number of Topliss-reactive ketones (excluding diaryl/α,β-unsaturated/α-hetero) is 1. The molecule has 0 bridgehead atoms. The second-order valence-corrected chi connectivity index (χ2v) is 2.97. The summed E-state index contributed by atoms with van der Waals surface area (Å²) < 4.78 is 0. The topological polar surface area (TPSA) is 43.1 Å². The summed E-state index contributed by atoms with van der Waals surface area (Å²) in [6.07, 6.45) is 0.696. The Morgan fingerprint density at radius 3 is 2.50 bits per heavy atom. The second-order valence-electron chi connectivity index (χ2n) is 2.75. The van der Waals surface area contributed by atoms with E-state index in [1.165, 1.54) is 0 Å². The van der Waals surface area contributed by atoms with Crippen molar-refractivity contribution < 1.29 is 4.79 Å². The third kappa shape index (κ3) is 3.85. The van der Waals surface area contributed by atoms with Crippen LogP contribution in [-0.4, -0.2) is 11.8 Å². The molecule has 0 aliphatic rings. The van der Waals surface area contributed by atoms with Crippen molar-refractivity contribution in [1.29, 1.82) is 0 Å². The molecule has 3 heteroatoms. The van der Waals surface area contributed by atoms with Crippen molar-refractivity contribution in [3.63, 3.8) is 0 Å². The fraction of sp³-hybridized carbons (Fsp3) is 0.714. The van der Waals surface area contributed by atoms with Gasteiger partial charge in [-0.15, -0.1) is 11.6 Å². The zero-order valence-electron chi connectivity index (χ0n) is 6.30. The highest BCUT2D eigenvalue weighted by molar-refractivity contribution is 6.35. The van der Waals surface area contributed by atoms with Gasteiger partial charge in [-0.1, -0.05) is 13.8 Å². The van der Waals surface area contributed by atoms with E-state index in [4.69, 9.17) is 17.3 Å². The maximum absolute atomic E-state index is 10.7. The molecule has 59 valence electrons. The molecule has 10 heavy (non-hydrogen) atoms. The molecule has 0 spiro atoms. The summed E-state index contributed by atoms with van der Waals surface area (Å²) in [6, 6.07) is -0.419. The molecule has 2 nitrogen and oxygen atoms in total. The lowest BCUT2D eigenvalue weighted by Gasteiger charge is -2.09. The van der Waals surface area contributed by atoms with Crippen LogP contribution >= 0.6 is 11.6 Å². The van der Waals surface area contributed by atoms with Crippen molar-refractivity contribution in [3.05, 3.63) is 5.88 Å². The summed E-state index contributed by atoms with van der Waals surface area (Å²) in [7, 11) is 0. The van der Waals surface area contributed by atoms with Crippen LogP contribution in [0.4, 0.5) is 0 Å². The van der Waals surface area contributed by atoms with Crippen LogP contribution in [0.3, 0.4) is 0 Å². The Hall–Kier alpha value is -0.0800. The predicted octanol–water partition coefficient (Wildman–Crippen LogP) is 1.33. The van der Waals surface area contributed by atoms with E-state index < -0.39 is 6.04 Å². The first-order chi connectivity index (χ1) is 4.57. The lowest BCUT2D eigenvalue weighted by molar-refractivity contribution is -0.116. The minimum Gasteiger partial charge on any atom is -0.321 e. The third-order valence-electron chi connectivity index (χ3n) is 1.20. The van der Waals surface area contributed by atoms with E-state index in [0.717, 1.165) is 5.88 Å². The predicted molar refractivity (Wildman–Crippen MR) is 42.6 cm³/mol. The van der Waals surface area contributed by atoms with Gasteiger partial charge in [0.1, 0.15) is 5.88 Å². The molecule has 0 heterocycles. The maximum Gasteiger partial charge on any atom is 0.169 e. The fourth-order valence-electron chi connectivity index (χ4n) is 0.705. The molecule has 0 aliphatic heterocycles. The summed E-state index contributed by atoms with van der Waals surface area (Å²) >= 11 is 5.18. The molecule has 0 rings (SSSR count). The van der Waals surface area contributed by atoms with Crippen LogP contribution in [0, 0.1) is 11.8 Å². The van der Waals surface area contributed by atoms with E-state index in [1.54, 1.807) is 0 Å². The largest absolute Gasteiger partial charge is 0.321 e. The van der Waals surface area contributed by atoms with Gasteiger partial charge in [-0.2, -0.15) is 0 Å². The van der Waals surface area contributed by atoms with Gasteiger partial charge in [0.2, 0.25) is 0 Å². The Bertz CT molecular complexity index is 114. The first kappa shape index (κ1) is 9.92. The first-order valence-corrected chi connectivity index (χ1v) is 3.74. The molecular weight excluding hydrogens is 150 g/mol. The Morgan fingerprint density at radius 1 is 1.70 bits per heavy atom. The van der Waals surface area contributed by atoms with Crippen LogP contribution < -0.4 is 5.73 Å². The molecule has 2 N–H and O–H groups in total. The number of carbonyl (C=O) groups excluding carboxylic acids is 1. The quantitative estimate of drug-likeness (QED) is 0.678. The highest BCUT2D eigenvalue weighted by Crippen LogP contribution is 2.05. The smallest absolute Gasteiger partial charge is 0.169 e. The van der Waals surface area contributed by atoms with E-state index in [2.05, 4.69) is 0 Å². The molecule has 0 aliphatic carbocycles. The molecule has 1 atom stereocenters. The number of nitrogens with two attached hydrogens (primary N) is 1. The molecule has 0 fully saturated rings. The van der Waals surface area contributed by atoms with Gasteiger partial charge in [0.25, 0.3) is 0 Å². The normalized spacial score (nSPS) is 13.7. The molecule has 0 aromatic rings. The molecular formula is C7H13ClNO. The lowest BCUT2D eigenvalue weighted by Crippen LogP contribution is -2.31. The molecule has 0 saturated carbocycles. The Balaban J connectivity index is 3.61. The van der Waals surface area contributed by atoms with Gasteiger partial charge in [0.05, 0.1) is 6.04 Å². The van der Waals surface area contributed by atoms with Gasteiger partial charge in [-0.3, -0.25) is 4.79 Å². The van der Waals surface area contributed by atoms with Crippen LogP contribution in [0.25, 0.3) is 0 Å². The monoisotopic (exact) mass is 162 g/mol. The van der Waals surface area contributed by atoms with Gasteiger partial charge >= 0.3 is 0 Å². The van der Waals surface area contributed by atoms with Crippen molar-refractivity contribution in [3.8, 4) is 0 Å². The number of rotatable bonds is 4. The average Bonchev–Trinajstić information content (AvgIpc) is 1.85. The number of ketones is 1. The maximum atomic E-state index is 10.7. The summed E-state index contributed by atoms with van der Waals surface area (Å²) in [5.74, 6) is 1.26. The number of hydrogen-bond acceptors (Lipinski definition) is 2. The van der Waals surface area contributed by atoms with Gasteiger partial charge in [-0.25, -0.2) is 0 Å². The van der Waals surface area contributed by atoms with Crippen molar-refractivity contribution in [1.82, 2.24) is 0 Å². The van der Waals surface area contributed by atoms with Gasteiger partial charge < -0.3 is 5.73 Å². The van der Waals surface area contributed by atoms with Gasteiger partial charge in [0.15, 0.2) is 5.78 Å². The van der Waals surface area contributed by atoms with Gasteiger partial charge in [-0.05, 0) is 12.3 Å². The summed E-state index contributed by atoms with van der Waals surface area (Å²) in [4.78, 5) is 10.7. The Kier molecular flexibility index (Phi) is 4.65. The van der Waals surface area contributed by atoms with Crippen molar-refractivity contribution in [2.24, 2.45) is 11.7 Å². The average molecular weight is 163 g/mol. The van der Waals surface area contributed by atoms with Crippen LogP contribution in [0.5, 0.6) is 0 Å².